The SMILES string of the molecule is Cc1nc2ccc(C(=O)N3C[C@@H]4CC[C@H](C3)N(CC3CCC3)C4)cc2s1. The smallest absolute Gasteiger partial charge is 0.253 e. The Kier molecular flexibility index (Phi) is 4.24. The molecular formula is C21H27N3OS. The van der Waals surface area contributed by atoms with Gasteiger partial charge in [0.1, 0.15) is 0 Å². The molecule has 3 aliphatic heterocycles. The number of amides is 1. The highest BCUT2D eigenvalue weighted by Crippen LogP contribution is 2.33. The summed E-state index contributed by atoms with van der Waals surface area (Å²) in [5.74, 6) is 1.77. The number of aromatic nitrogens is 1. The molecule has 0 spiro atoms. The van der Waals surface area contributed by atoms with Gasteiger partial charge in [0.15, 0.2) is 0 Å². The number of nitrogens with zero attached hydrogens (tertiary/aromatic N) is 3. The first-order valence-electron chi connectivity index (χ1n) is 10.1. The highest BCUT2D eigenvalue weighted by Gasteiger charge is 2.37. The fraction of sp³-hybridized carbons (Fsp3) is 0.619. The maximum absolute atomic E-state index is 13.2. The molecule has 0 unspecified atom stereocenters. The summed E-state index contributed by atoms with van der Waals surface area (Å²) in [6.45, 7) is 6.31. The van der Waals surface area contributed by atoms with Crippen LogP contribution in [-0.2, 0) is 0 Å². The van der Waals surface area contributed by atoms with Crippen LogP contribution in [0.15, 0.2) is 18.2 Å². The van der Waals surface area contributed by atoms with Gasteiger partial charge in [0.25, 0.3) is 5.91 Å². The Balaban J connectivity index is 1.34. The fourth-order valence-corrected chi connectivity index (χ4v) is 5.80. The predicted molar refractivity (Wildman–Crippen MR) is 106 cm³/mol. The lowest BCUT2D eigenvalue weighted by Crippen LogP contribution is -2.47. The van der Waals surface area contributed by atoms with E-state index in [2.05, 4.69) is 14.8 Å². The van der Waals surface area contributed by atoms with Crippen LogP contribution in [0.1, 0.15) is 47.5 Å². The average molecular weight is 370 g/mol. The highest BCUT2D eigenvalue weighted by atomic mass is 32.1. The molecule has 1 amide bonds. The number of rotatable bonds is 3. The van der Waals surface area contributed by atoms with Gasteiger partial charge >= 0.3 is 0 Å². The zero-order valence-electron chi connectivity index (χ0n) is 15.5. The molecule has 26 heavy (non-hydrogen) atoms. The first-order chi connectivity index (χ1) is 12.7. The van der Waals surface area contributed by atoms with Gasteiger partial charge in [-0.15, -0.1) is 11.3 Å². The lowest BCUT2D eigenvalue weighted by Gasteiger charge is -2.40. The van der Waals surface area contributed by atoms with Crippen molar-refractivity contribution in [1.82, 2.24) is 14.8 Å². The standard InChI is InChI=1S/C21H27N3OS/c1-14-22-19-8-6-17(9-20(19)26-14)21(25)24-12-16-5-7-18(13-24)23(11-16)10-15-3-2-4-15/h6,8-9,15-16,18H,2-5,7,10-13H2,1H3/t16-,18-/m1/s1. The molecule has 4 aliphatic rings. The topological polar surface area (TPSA) is 36.4 Å². The second-order valence-electron chi connectivity index (χ2n) is 8.47. The Labute approximate surface area is 159 Å². The Hall–Kier alpha value is -1.46. The molecule has 1 aromatic heterocycles. The Bertz CT molecular complexity index is 828. The summed E-state index contributed by atoms with van der Waals surface area (Å²) in [7, 11) is 0. The van der Waals surface area contributed by atoms with E-state index in [1.54, 1.807) is 11.3 Å². The molecule has 1 aliphatic carbocycles. The first-order valence-corrected chi connectivity index (χ1v) is 10.9. The van der Waals surface area contributed by atoms with Gasteiger partial charge in [-0.05, 0) is 62.6 Å². The van der Waals surface area contributed by atoms with E-state index >= 15 is 0 Å². The van der Waals surface area contributed by atoms with Crippen LogP contribution in [0.25, 0.3) is 10.2 Å². The molecule has 3 saturated heterocycles. The second kappa shape index (κ2) is 6.61. The van der Waals surface area contributed by atoms with Crippen LogP contribution >= 0.6 is 11.3 Å². The molecule has 4 heterocycles. The maximum atomic E-state index is 13.2. The number of aryl methyl sites for hydroxylation is 1. The third-order valence-corrected chi connectivity index (χ3v) is 7.51. The molecule has 1 saturated carbocycles. The van der Waals surface area contributed by atoms with Gasteiger partial charge in [-0.1, -0.05) is 6.42 Å². The molecule has 0 N–H and O–H groups in total. The number of thiazole rings is 1. The first kappa shape index (κ1) is 16.7. The summed E-state index contributed by atoms with van der Waals surface area (Å²) in [5, 5.41) is 1.06. The van der Waals surface area contributed by atoms with Gasteiger partial charge in [0.2, 0.25) is 0 Å². The summed E-state index contributed by atoms with van der Waals surface area (Å²) in [6, 6.07) is 6.57. The lowest BCUT2D eigenvalue weighted by atomic mass is 9.83. The molecular weight excluding hydrogens is 342 g/mol. The molecule has 4 nitrogen and oxygen atoms in total. The summed E-state index contributed by atoms with van der Waals surface area (Å²) in [5.41, 5.74) is 1.83. The minimum absolute atomic E-state index is 0.209. The summed E-state index contributed by atoms with van der Waals surface area (Å²) in [4.78, 5) is 22.6. The predicted octanol–water partition coefficient (Wildman–Crippen LogP) is 3.94. The summed E-state index contributed by atoms with van der Waals surface area (Å²) >= 11 is 1.67. The van der Waals surface area contributed by atoms with Crippen LogP contribution in [-0.4, -0.2) is 52.9 Å². The van der Waals surface area contributed by atoms with Crippen molar-refractivity contribution >= 4 is 27.5 Å². The van der Waals surface area contributed by atoms with Crippen LogP contribution in [0.5, 0.6) is 0 Å². The van der Waals surface area contributed by atoms with Crippen LogP contribution in [0, 0.1) is 18.8 Å². The number of fused-ring (bicyclic) bond motifs is 5. The van der Waals surface area contributed by atoms with Crippen molar-refractivity contribution in [3.63, 3.8) is 0 Å². The van der Waals surface area contributed by atoms with Crippen molar-refractivity contribution in [2.24, 2.45) is 11.8 Å². The van der Waals surface area contributed by atoms with Gasteiger partial charge in [0.05, 0.1) is 15.2 Å². The number of piperidine rings is 1. The molecule has 5 heteroatoms. The number of benzene rings is 1. The summed E-state index contributed by atoms with van der Waals surface area (Å²) in [6.07, 6.45) is 6.77. The number of carbonyl (C=O) groups excluding carboxylic acids is 1. The molecule has 2 atom stereocenters. The van der Waals surface area contributed by atoms with Crippen molar-refractivity contribution in [3.8, 4) is 0 Å². The van der Waals surface area contributed by atoms with Crippen molar-refractivity contribution in [1.29, 1.82) is 0 Å². The zero-order valence-corrected chi connectivity index (χ0v) is 16.3. The van der Waals surface area contributed by atoms with E-state index in [-0.39, 0.29) is 5.91 Å². The third-order valence-electron chi connectivity index (χ3n) is 6.57. The van der Waals surface area contributed by atoms with E-state index in [0.717, 1.165) is 39.8 Å². The van der Waals surface area contributed by atoms with Crippen molar-refractivity contribution in [2.45, 2.75) is 45.1 Å². The Morgan fingerprint density at radius 3 is 2.88 bits per heavy atom. The highest BCUT2D eigenvalue weighted by molar-refractivity contribution is 7.18. The molecule has 1 aromatic carbocycles. The number of hydrogen-bond donors (Lipinski definition) is 0. The van der Waals surface area contributed by atoms with E-state index in [9.17, 15) is 4.79 Å². The fourth-order valence-electron chi connectivity index (χ4n) is 4.93. The van der Waals surface area contributed by atoms with Crippen LogP contribution in [0.3, 0.4) is 0 Å². The molecule has 6 rings (SSSR count). The van der Waals surface area contributed by atoms with Gasteiger partial charge in [-0.25, -0.2) is 4.98 Å². The maximum Gasteiger partial charge on any atom is 0.253 e. The zero-order chi connectivity index (χ0) is 17.7. The van der Waals surface area contributed by atoms with E-state index < -0.39 is 0 Å². The van der Waals surface area contributed by atoms with Crippen LogP contribution < -0.4 is 0 Å². The van der Waals surface area contributed by atoms with E-state index in [0.29, 0.717) is 12.0 Å². The number of hydrogen-bond acceptors (Lipinski definition) is 4. The number of carbonyl (C=O) groups is 1. The molecule has 4 fully saturated rings. The van der Waals surface area contributed by atoms with Gasteiger partial charge in [-0.3, -0.25) is 9.69 Å². The molecule has 0 radical (unpaired) electrons. The van der Waals surface area contributed by atoms with Crippen molar-refractivity contribution < 1.29 is 4.79 Å². The van der Waals surface area contributed by atoms with E-state index in [1.807, 2.05) is 25.1 Å². The third kappa shape index (κ3) is 3.05. The molecule has 2 bridgehead atoms. The molecule has 2 aromatic rings. The normalized spacial score (nSPS) is 26.9. The average Bonchev–Trinajstić information content (AvgIpc) is 2.76. The molecule has 138 valence electrons. The van der Waals surface area contributed by atoms with Gasteiger partial charge in [0, 0.05) is 37.8 Å². The Morgan fingerprint density at radius 1 is 1.19 bits per heavy atom. The van der Waals surface area contributed by atoms with E-state index in [4.69, 9.17) is 0 Å². The van der Waals surface area contributed by atoms with Crippen LogP contribution in [0.4, 0.5) is 0 Å². The quantitative estimate of drug-likeness (QED) is 0.822. The summed E-state index contributed by atoms with van der Waals surface area (Å²) < 4.78 is 1.12. The van der Waals surface area contributed by atoms with Crippen molar-refractivity contribution in [2.75, 3.05) is 26.2 Å². The monoisotopic (exact) mass is 369 g/mol. The van der Waals surface area contributed by atoms with Crippen LogP contribution in [0.2, 0.25) is 0 Å². The van der Waals surface area contributed by atoms with Crippen molar-refractivity contribution in [3.05, 3.63) is 28.8 Å². The minimum atomic E-state index is 0.209. The second-order valence-corrected chi connectivity index (χ2v) is 9.71. The van der Waals surface area contributed by atoms with Gasteiger partial charge in [-0.2, -0.15) is 0 Å². The lowest BCUT2D eigenvalue weighted by molar-refractivity contribution is 0.0717. The van der Waals surface area contributed by atoms with E-state index in [1.165, 1.54) is 45.2 Å². The van der Waals surface area contributed by atoms with Gasteiger partial charge < -0.3 is 4.90 Å². The Morgan fingerprint density at radius 2 is 2.08 bits per heavy atom. The minimum Gasteiger partial charge on any atom is -0.337 e. The largest absolute Gasteiger partial charge is 0.337 e.